The van der Waals surface area contributed by atoms with Crippen LogP contribution >= 0.6 is 0 Å². The van der Waals surface area contributed by atoms with E-state index in [1.165, 1.54) is 0 Å². The molecule has 2 aromatic carbocycles. The maximum atomic E-state index is 13.3. The molecule has 3 rings (SSSR count). The number of carbonyl (C=O) groups is 2. The second-order valence-electron chi connectivity index (χ2n) is 9.30. The summed E-state index contributed by atoms with van der Waals surface area (Å²) in [6.45, 7) is 14.4. The van der Waals surface area contributed by atoms with Crippen LogP contribution in [0.2, 0.25) is 0 Å². The molecule has 8 nitrogen and oxygen atoms in total. The number of carbonyl (C=O) groups excluding carboxylic acids is 2. The number of hydrogen-bond acceptors (Lipinski definition) is 6. The van der Waals surface area contributed by atoms with E-state index in [1.54, 1.807) is 13.2 Å². The van der Waals surface area contributed by atoms with Gasteiger partial charge in [0.15, 0.2) is 0 Å². The van der Waals surface area contributed by atoms with Gasteiger partial charge < -0.3 is 30.1 Å². The van der Waals surface area contributed by atoms with Crippen molar-refractivity contribution in [3.05, 3.63) is 48.0 Å². The molecule has 2 aromatic rings. The van der Waals surface area contributed by atoms with Crippen molar-refractivity contribution >= 4 is 28.9 Å². The Balaban J connectivity index is 1.77. The van der Waals surface area contributed by atoms with Gasteiger partial charge in [-0.2, -0.15) is 0 Å². The summed E-state index contributed by atoms with van der Waals surface area (Å²) in [7, 11) is 1.69. The van der Waals surface area contributed by atoms with Gasteiger partial charge in [-0.05, 0) is 43.4 Å². The molecule has 2 N–H and O–H groups in total. The van der Waals surface area contributed by atoms with Crippen LogP contribution in [0.4, 0.5) is 17.1 Å². The number of amides is 2. The van der Waals surface area contributed by atoms with Crippen LogP contribution in [0.3, 0.4) is 0 Å². The zero-order valence-corrected chi connectivity index (χ0v) is 22.3. The number of hydrogen-bond donors (Lipinski definition) is 2. The van der Waals surface area contributed by atoms with E-state index in [-0.39, 0.29) is 17.7 Å². The van der Waals surface area contributed by atoms with E-state index in [9.17, 15) is 9.59 Å². The molecule has 0 spiro atoms. The van der Waals surface area contributed by atoms with E-state index in [2.05, 4.69) is 45.2 Å². The summed E-state index contributed by atoms with van der Waals surface area (Å²) in [6, 6.07) is 13.7. The van der Waals surface area contributed by atoms with Gasteiger partial charge in [-0.15, -0.1) is 0 Å². The van der Waals surface area contributed by atoms with Crippen LogP contribution in [0.5, 0.6) is 5.75 Å². The number of rotatable bonds is 11. The zero-order chi connectivity index (χ0) is 26.1. The van der Waals surface area contributed by atoms with Gasteiger partial charge in [-0.25, -0.2) is 0 Å². The van der Waals surface area contributed by atoms with Crippen molar-refractivity contribution in [1.29, 1.82) is 0 Å². The highest BCUT2D eigenvalue weighted by atomic mass is 16.5. The lowest BCUT2D eigenvalue weighted by molar-refractivity contribution is -0.118. The highest BCUT2D eigenvalue weighted by Gasteiger charge is 2.24. The van der Waals surface area contributed by atoms with Crippen molar-refractivity contribution in [3.8, 4) is 5.75 Å². The van der Waals surface area contributed by atoms with Crippen LogP contribution in [0.15, 0.2) is 42.5 Å². The van der Waals surface area contributed by atoms with Gasteiger partial charge in [-0.3, -0.25) is 9.59 Å². The molecule has 0 aliphatic carbocycles. The normalized spacial score (nSPS) is 13.8. The molecule has 0 atom stereocenters. The molecule has 0 saturated carbocycles. The number of anilines is 3. The number of benzene rings is 2. The van der Waals surface area contributed by atoms with Gasteiger partial charge in [0, 0.05) is 56.6 Å². The quantitative estimate of drug-likeness (QED) is 0.495. The van der Waals surface area contributed by atoms with E-state index in [4.69, 9.17) is 4.74 Å². The van der Waals surface area contributed by atoms with Crippen LogP contribution in [0, 0.1) is 5.92 Å². The summed E-state index contributed by atoms with van der Waals surface area (Å²) in [5, 5.41) is 6.02. The Bertz CT molecular complexity index is 1010. The molecule has 0 radical (unpaired) electrons. The Morgan fingerprint density at radius 1 is 0.972 bits per heavy atom. The maximum Gasteiger partial charge on any atom is 0.253 e. The van der Waals surface area contributed by atoms with E-state index < -0.39 is 0 Å². The predicted octanol–water partition coefficient (Wildman–Crippen LogP) is 3.69. The fraction of sp³-hybridized carbons (Fsp3) is 0.500. The molecule has 196 valence electrons. The first-order valence-electron chi connectivity index (χ1n) is 13.0. The van der Waals surface area contributed by atoms with E-state index >= 15 is 0 Å². The SMILES string of the molecule is CCN(CC)CCNC(=O)c1cc(NC(=O)C(C)C)ccc1N1CCN(c2ccccc2OC)CC1. The van der Waals surface area contributed by atoms with Gasteiger partial charge >= 0.3 is 0 Å². The largest absolute Gasteiger partial charge is 0.495 e. The molecule has 1 fully saturated rings. The Hall–Kier alpha value is -3.26. The topological polar surface area (TPSA) is 77.2 Å². The molecule has 0 unspecified atom stereocenters. The fourth-order valence-corrected chi connectivity index (χ4v) is 4.40. The lowest BCUT2D eigenvalue weighted by atomic mass is 10.1. The van der Waals surface area contributed by atoms with Crippen molar-refractivity contribution in [2.24, 2.45) is 5.92 Å². The Morgan fingerprint density at radius 2 is 1.61 bits per heavy atom. The average molecular weight is 496 g/mol. The molecule has 8 heteroatoms. The van der Waals surface area contributed by atoms with Crippen molar-refractivity contribution in [1.82, 2.24) is 10.2 Å². The number of nitrogens with one attached hydrogen (secondary N) is 2. The minimum absolute atomic E-state index is 0.0685. The number of ether oxygens (including phenoxy) is 1. The number of piperazine rings is 1. The summed E-state index contributed by atoms with van der Waals surface area (Å²) in [5.41, 5.74) is 3.19. The van der Waals surface area contributed by atoms with Crippen LogP contribution in [-0.2, 0) is 4.79 Å². The number of methoxy groups -OCH3 is 1. The first-order chi connectivity index (χ1) is 17.4. The Labute approximate surface area is 215 Å². The van der Waals surface area contributed by atoms with Crippen molar-refractivity contribution in [2.75, 3.05) is 74.6 Å². The molecular weight excluding hydrogens is 454 g/mol. The van der Waals surface area contributed by atoms with Gasteiger partial charge in [0.1, 0.15) is 5.75 Å². The molecule has 36 heavy (non-hydrogen) atoms. The molecule has 1 aliphatic rings. The summed E-state index contributed by atoms with van der Waals surface area (Å²) in [6.07, 6.45) is 0. The minimum atomic E-state index is -0.140. The average Bonchev–Trinajstić information content (AvgIpc) is 2.91. The van der Waals surface area contributed by atoms with Crippen molar-refractivity contribution in [2.45, 2.75) is 27.7 Å². The zero-order valence-electron chi connectivity index (χ0n) is 22.3. The third kappa shape index (κ3) is 6.91. The van der Waals surface area contributed by atoms with E-state index in [0.717, 1.165) is 62.9 Å². The number of nitrogens with zero attached hydrogens (tertiary/aromatic N) is 3. The van der Waals surface area contributed by atoms with Crippen LogP contribution in [0.1, 0.15) is 38.1 Å². The molecule has 1 aliphatic heterocycles. The smallest absolute Gasteiger partial charge is 0.253 e. The first kappa shape index (κ1) is 27.3. The summed E-state index contributed by atoms with van der Waals surface area (Å²) < 4.78 is 5.55. The summed E-state index contributed by atoms with van der Waals surface area (Å²) >= 11 is 0. The van der Waals surface area contributed by atoms with Crippen LogP contribution in [-0.4, -0.2) is 76.2 Å². The molecule has 1 heterocycles. The molecular formula is C28H41N5O3. The van der Waals surface area contributed by atoms with Gasteiger partial charge in [0.2, 0.25) is 5.91 Å². The lowest BCUT2D eigenvalue weighted by Crippen LogP contribution is -2.47. The summed E-state index contributed by atoms with van der Waals surface area (Å²) in [4.78, 5) is 32.4. The lowest BCUT2D eigenvalue weighted by Gasteiger charge is -2.38. The van der Waals surface area contributed by atoms with Crippen molar-refractivity contribution < 1.29 is 14.3 Å². The maximum absolute atomic E-state index is 13.3. The Morgan fingerprint density at radius 3 is 2.22 bits per heavy atom. The first-order valence-corrected chi connectivity index (χ1v) is 13.0. The monoisotopic (exact) mass is 495 g/mol. The van der Waals surface area contributed by atoms with E-state index in [1.807, 2.05) is 44.2 Å². The molecule has 0 aromatic heterocycles. The molecule has 2 amide bonds. The van der Waals surface area contributed by atoms with Crippen LogP contribution < -0.4 is 25.2 Å². The van der Waals surface area contributed by atoms with Gasteiger partial charge in [0.05, 0.1) is 18.4 Å². The Kier molecular flexibility index (Phi) is 9.99. The highest BCUT2D eigenvalue weighted by molar-refractivity contribution is 6.02. The standard InChI is InChI=1S/C28H41N5O3/c1-6-31(7-2)15-14-29-28(35)23-20-22(30-27(34)21(3)4)12-13-24(23)32-16-18-33(19-17-32)25-10-8-9-11-26(25)36-5/h8-13,20-21H,6-7,14-19H2,1-5H3,(H,29,35)(H,30,34). The molecule has 0 bridgehead atoms. The third-order valence-electron chi connectivity index (χ3n) is 6.69. The highest BCUT2D eigenvalue weighted by Crippen LogP contribution is 2.31. The number of para-hydroxylation sites is 2. The molecule has 1 saturated heterocycles. The third-order valence-corrected chi connectivity index (χ3v) is 6.69. The second-order valence-corrected chi connectivity index (χ2v) is 9.30. The van der Waals surface area contributed by atoms with Gasteiger partial charge in [-0.1, -0.05) is 39.8 Å². The van der Waals surface area contributed by atoms with Gasteiger partial charge in [0.25, 0.3) is 5.91 Å². The second kappa shape index (κ2) is 13.2. The summed E-state index contributed by atoms with van der Waals surface area (Å²) in [5.74, 6) is 0.537. The minimum Gasteiger partial charge on any atom is -0.495 e. The predicted molar refractivity (Wildman–Crippen MR) is 147 cm³/mol. The van der Waals surface area contributed by atoms with E-state index in [0.29, 0.717) is 17.8 Å². The number of likely N-dealkylation sites (N-methyl/N-ethyl adjacent to an activating group) is 1. The van der Waals surface area contributed by atoms with Crippen molar-refractivity contribution in [3.63, 3.8) is 0 Å². The fourth-order valence-electron chi connectivity index (χ4n) is 4.40. The van der Waals surface area contributed by atoms with Crippen LogP contribution in [0.25, 0.3) is 0 Å².